The second kappa shape index (κ2) is 13.5. The first-order valence-electron chi connectivity index (χ1n) is 11.0. The van der Waals surface area contributed by atoms with Crippen LogP contribution in [0.1, 0.15) is 60.1 Å². The first-order chi connectivity index (χ1) is 14.8. The zero-order valence-corrected chi connectivity index (χ0v) is 19.7. The van der Waals surface area contributed by atoms with Gasteiger partial charge in [-0.25, -0.2) is 4.98 Å². The number of hydrazone groups is 1. The molecule has 2 aromatic rings. The Hall–Kier alpha value is -2.80. The number of aromatic nitrogens is 1. The average Bonchev–Trinajstić information content (AvgIpc) is 2.74. The first kappa shape index (κ1) is 26.2. The first-order valence-corrected chi connectivity index (χ1v) is 11.0. The summed E-state index contributed by atoms with van der Waals surface area (Å²) >= 11 is 0. The summed E-state index contributed by atoms with van der Waals surface area (Å²) in [6.45, 7) is 13.7. The number of hydrogen-bond acceptors (Lipinski definition) is 7. The zero-order valence-electron chi connectivity index (χ0n) is 19.7. The van der Waals surface area contributed by atoms with Gasteiger partial charge in [0.05, 0.1) is 23.2 Å². The highest BCUT2D eigenvalue weighted by Gasteiger charge is 2.15. The van der Waals surface area contributed by atoms with E-state index in [0.717, 1.165) is 37.3 Å². The summed E-state index contributed by atoms with van der Waals surface area (Å²) in [5, 5.41) is 23.6. The highest BCUT2D eigenvalue weighted by molar-refractivity contribution is 5.80. The van der Waals surface area contributed by atoms with Crippen molar-refractivity contribution in [2.75, 3.05) is 30.0 Å². The smallest absolute Gasteiger partial charge is 0.216 e. The van der Waals surface area contributed by atoms with Crippen LogP contribution >= 0.6 is 0 Å². The minimum atomic E-state index is -0.946. The van der Waals surface area contributed by atoms with E-state index in [9.17, 15) is 10.2 Å². The number of anilines is 2. The number of aromatic hydroxyl groups is 1. The van der Waals surface area contributed by atoms with Crippen LogP contribution in [0.5, 0.6) is 11.6 Å². The third-order valence-electron chi connectivity index (χ3n) is 3.99. The highest BCUT2D eigenvalue weighted by Crippen LogP contribution is 2.22. The maximum absolute atomic E-state index is 9.96. The number of nitrogens with one attached hydrogen (secondary N) is 1. The van der Waals surface area contributed by atoms with E-state index >= 15 is 0 Å². The lowest BCUT2D eigenvalue weighted by molar-refractivity contribution is 0.0268. The van der Waals surface area contributed by atoms with Crippen LogP contribution in [0, 0.1) is 0 Å². The number of benzene rings is 1. The quantitative estimate of drug-likeness (QED) is 0.263. The standard InChI is InChI=1S/C22H32N4O3.C2H6/c1-5-11-26(12-6-2)19-13-18(24-21(14-19)29-16-22(3,4)28)15-23-25-17-7-9-20(27)10-8-17;1-2/h7-10,13-15,25,27-28H,5-6,11-12,16H2,1-4H3;1-2H3/b23-15+;. The Bertz CT molecular complexity index is 780. The van der Waals surface area contributed by atoms with Gasteiger partial charge in [-0.1, -0.05) is 27.7 Å². The average molecular weight is 431 g/mol. The monoisotopic (exact) mass is 430 g/mol. The van der Waals surface area contributed by atoms with Crippen LogP contribution in [-0.4, -0.2) is 46.7 Å². The second-order valence-electron chi connectivity index (χ2n) is 7.59. The fourth-order valence-electron chi connectivity index (χ4n) is 2.70. The van der Waals surface area contributed by atoms with Crippen molar-refractivity contribution in [2.24, 2.45) is 5.10 Å². The van der Waals surface area contributed by atoms with E-state index in [1.54, 1.807) is 44.3 Å². The molecular weight excluding hydrogens is 392 g/mol. The van der Waals surface area contributed by atoms with Gasteiger partial charge in [0, 0.05) is 24.8 Å². The van der Waals surface area contributed by atoms with Crippen molar-refractivity contribution in [3.63, 3.8) is 0 Å². The van der Waals surface area contributed by atoms with Gasteiger partial charge in [-0.3, -0.25) is 5.43 Å². The summed E-state index contributed by atoms with van der Waals surface area (Å²) in [4.78, 5) is 6.79. The molecule has 0 fully saturated rings. The van der Waals surface area contributed by atoms with Gasteiger partial charge in [-0.15, -0.1) is 0 Å². The lowest BCUT2D eigenvalue weighted by Gasteiger charge is -2.25. The molecule has 0 amide bonds. The number of phenolic OH excluding ortho intramolecular Hbond substituents is 1. The Morgan fingerprint density at radius 3 is 2.26 bits per heavy atom. The van der Waals surface area contributed by atoms with Gasteiger partial charge >= 0.3 is 0 Å². The summed E-state index contributed by atoms with van der Waals surface area (Å²) in [5.41, 5.74) is 4.39. The molecule has 2 rings (SSSR count). The van der Waals surface area contributed by atoms with Crippen molar-refractivity contribution < 1.29 is 14.9 Å². The topological polar surface area (TPSA) is 90.2 Å². The van der Waals surface area contributed by atoms with E-state index in [2.05, 4.69) is 34.3 Å². The van der Waals surface area contributed by atoms with E-state index in [-0.39, 0.29) is 12.4 Å². The van der Waals surface area contributed by atoms with E-state index < -0.39 is 5.60 Å². The van der Waals surface area contributed by atoms with Crippen LogP contribution in [0.15, 0.2) is 41.5 Å². The molecule has 0 radical (unpaired) electrons. The number of ether oxygens (including phenoxy) is 1. The van der Waals surface area contributed by atoms with Crippen LogP contribution in [0.3, 0.4) is 0 Å². The lowest BCUT2D eigenvalue weighted by Crippen LogP contribution is -2.28. The fraction of sp³-hybridized carbons (Fsp3) is 0.500. The second-order valence-corrected chi connectivity index (χ2v) is 7.59. The summed E-state index contributed by atoms with van der Waals surface area (Å²) < 4.78 is 5.74. The van der Waals surface area contributed by atoms with E-state index in [0.29, 0.717) is 11.6 Å². The molecule has 0 unspecified atom stereocenters. The minimum absolute atomic E-state index is 0.146. The molecule has 1 aromatic carbocycles. The predicted molar refractivity (Wildman–Crippen MR) is 129 cm³/mol. The molecule has 0 spiro atoms. The Morgan fingerprint density at radius 1 is 1.10 bits per heavy atom. The lowest BCUT2D eigenvalue weighted by atomic mass is 10.2. The molecule has 0 saturated heterocycles. The molecular formula is C24H38N4O3. The molecule has 0 bridgehead atoms. The maximum Gasteiger partial charge on any atom is 0.216 e. The van der Waals surface area contributed by atoms with Gasteiger partial charge < -0.3 is 19.8 Å². The van der Waals surface area contributed by atoms with Crippen molar-refractivity contribution in [3.8, 4) is 11.6 Å². The summed E-state index contributed by atoms with van der Waals surface area (Å²) in [6.07, 6.45) is 3.70. The third-order valence-corrected chi connectivity index (χ3v) is 3.99. The van der Waals surface area contributed by atoms with Crippen LogP contribution in [0.25, 0.3) is 0 Å². The summed E-state index contributed by atoms with van der Waals surface area (Å²) in [7, 11) is 0. The molecule has 0 aliphatic carbocycles. The SMILES string of the molecule is CC.CCCN(CCC)c1cc(/C=N/Nc2ccc(O)cc2)nc(OCC(C)(C)O)c1. The Balaban J connectivity index is 0.00000233. The van der Waals surface area contributed by atoms with Crippen molar-refractivity contribution in [1.82, 2.24) is 4.98 Å². The van der Waals surface area contributed by atoms with Crippen LogP contribution in [-0.2, 0) is 0 Å². The van der Waals surface area contributed by atoms with Gasteiger partial charge in [-0.2, -0.15) is 5.10 Å². The van der Waals surface area contributed by atoms with Crippen molar-refractivity contribution in [1.29, 1.82) is 0 Å². The molecule has 3 N–H and O–H groups in total. The van der Waals surface area contributed by atoms with Crippen molar-refractivity contribution in [3.05, 3.63) is 42.1 Å². The molecule has 31 heavy (non-hydrogen) atoms. The molecule has 0 aliphatic heterocycles. The maximum atomic E-state index is 9.96. The number of pyridine rings is 1. The molecule has 0 saturated carbocycles. The number of rotatable bonds is 11. The molecule has 0 aliphatic rings. The normalized spacial score (nSPS) is 11.1. The summed E-state index contributed by atoms with van der Waals surface area (Å²) in [5.74, 6) is 0.655. The van der Waals surface area contributed by atoms with Crippen molar-refractivity contribution in [2.45, 2.75) is 60.0 Å². The number of phenols is 1. The Morgan fingerprint density at radius 2 is 1.71 bits per heavy atom. The summed E-state index contributed by atoms with van der Waals surface area (Å²) in [6, 6.07) is 10.5. The van der Waals surface area contributed by atoms with Crippen LogP contribution in [0.2, 0.25) is 0 Å². The van der Waals surface area contributed by atoms with E-state index in [1.165, 1.54) is 0 Å². The predicted octanol–water partition coefficient (Wildman–Crippen LogP) is 5.04. The third kappa shape index (κ3) is 10.2. The Kier molecular flexibility index (Phi) is 11.4. The molecule has 7 heteroatoms. The molecule has 172 valence electrons. The Labute approximate surface area is 186 Å². The minimum Gasteiger partial charge on any atom is -0.508 e. The number of aliphatic hydroxyl groups is 1. The molecule has 1 heterocycles. The number of nitrogens with zero attached hydrogens (tertiary/aromatic N) is 3. The van der Waals surface area contributed by atoms with E-state index in [4.69, 9.17) is 4.74 Å². The van der Waals surface area contributed by atoms with Crippen LogP contribution in [0.4, 0.5) is 11.4 Å². The molecule has 1 aromatic heterocycles. The fourth-order valence-corrected chi connectivity index (χ4v) is 2.70. The van der Waals surface area contributed by atoms with E-state index in [1.807, 2.05) is 26.0 Å². The van der Waals surface area contributed by atoms with Crippen molar-refractivity contribution >= 4 is 17.6 Å². The largest absolute Gasteiger partial charge is 0.508 e. The van der Waals surface area contributed by atoms with Gasteiger partial charge in [0.2, 0.25) is 5.88 Å². The molecule has 7 nitrogen and oxygen atoms in total. The van der Waals surface area contributed by atoms with Gasteiger partial charge in [0.15, 0.2) is 0 Å². The highest BCUT2D eigenvalue weighted by atomic mass is 16.5. The number of hydrogen-bond donors (Lipinski definition) is 3. The van der Waals surface area contributed by atoms with Crippen LogP contribution < -0.4 is 15.1 Å². The van der Waals surface area contributed by atoms with Gasteiger partial charge in [0.25, 0.3) is 0 Å². The molecule has 0 atom stereocenters. The zero-order chi connectivity index (χ0) is 23.3. The van der Waals surface area contributed by atoms with Gasteiger partial charge in [0.1, 0.15) is 12.4 Å². The van der Waals surface area contributed by atoms with Gasteiger partial charge in [-0.05, 0) is 57.0 Å².